The molecule has 1 heterocycles. The van der Waals surface area contributed by atoms with Gasteiger partial charge in [-0.25, -0.2) is 4.98 Å². The summed E-state index contributed by atoms with van der Waals surface area (Å²) in [7, 11) is 0. The van der Waals surface area contributed by atoms with Crippen molar-refractivity contribution in [2.24, 2.45) is 5.92 Å². The van der Waals surface area contributed by atoms with Gasteiger partial charge in [-0.05, 0) is 37.0 Å². The second-order valence-electron chi connectivity index (χ2n) is 4.60. The Morgan fingerprint density at radius 3 is 2.94 bits per heavy atom. The topological polar surface area (TPSA) is 24.9 Å². The van der Waals surface area contributed by atoms with Gasteiger partial charge in [-0.1, -0.05) is 31.3 Å². The largest absolute Gasteiger partial charge is 0.361 e. The molecule has 2 nitrogen and oxygen atoms in total. The Bertz CT molecular complexity index is 474. The highest BCUT2D eigenvalue weighted by molar-refractivity contribution is 7.22. The summed E-state index contributed by atoms with van der Waals surface area (Å²) in [5.41, 5.74) is 2.40. The van der Waals surface area contributed by atoms with Crippen molar-refractivity contribution in [2.75, 3.05) is 11.9 Å². The van der Waals surface area contributed by atoms with E-state index < -0.39 is 0 Å². The molecule has 86 valence electrons. The molecule has 0 bridgehead atoms. The molecule has 0 aliphatic heterocycles. The van der Waals surface area contributed by atoms with Crippen LogP contribution in [0, 0.1) is 12.8 Å². The van der Waals surface area contributed by atoms with Crippen LogP contribution in [0.1, 0.15) is 25.8 Å². The van der Waals surface area contributed by atoms with Crippen LogP contribution in [0.5, 0.6) is 0 Å². The van der Waals surface area contributed by atoms with E-state index in [1.807, 2.05) is 0 Å². The second kappa shape index (κ2) is 4.83. The Labute approximate surface area is 101 Å². The molecule has 0 spiro atoms. The first-order valence-electron chi connectivity index (χ1n) is 5.76. The molecule has 1 N–H and O–H groups in total. The number of thiazole rings is 1. The highest BCUT2D eigenvalue weighted by atomic mass is 32.1. The van der Waals surface area contributed by atoms with Gasteiger partial charge in [-0.15, -0.1) is 0 Å². The zero-order valence-corrected chi connectivity index (χ0v) is 10.9. The summed E-state index contributed by atoms with van der Waals surface area (Å²) < 4.78 is 1.27. The van der Waals surface area contributed by atoms with Gasteiger partial charge in [0, 0.05) is 6.54 Å². The second-order valence-corrected chi connectivity index (χ2v) is 5.63. The molecule has 1 aromatic heterocycles. The van der Waals surface area contributed by atoms with Crippen LogP contribution in [0.25, 0.3) is 10.2 Å². The van der Waals surface area contributed by atoms with Gasteiger partial charge < -0.3 is 5.32 Å². The van der Waals surface area contributed by atoms with Gasteiger partial charge in [-0.3, -0.25) is 0 Å². The van der Waals surface area contributed by atoms with E-state index in [9.17, 15) is 0 Å². The summed E-state index contributed by atoms with van der Waals surface area (Å²) in [4.78, 5) is 4.56. The first-order chi connectivity index (χ1) is 7.65. The molecule has 2 rings (SSSR count). The molecule has 3 heteroatoms. The number of fused-ring (bicyclic) bond motifs is 1. The minimum absolute atomic E-state index is 0.740. The number of rotatable bonds is 4. The van der Waals surface area contributed by atoms with E-state index in [1.54, 1.807) is 11.3 Å². The average Bonchev–Trinajstić information content (AvgIpc) is 2.58. The smallest absolute Gasteiger partial charge is 0.183 e. The fourth-order valence-electron chi connectivity index (χ4n) is 1.58. The lowest BCUT2D eigenvalue weighted by molar-refractivity contribution is 0.607. The van der Waals surface area contributed by atoms with Crippen LogP contribution in [0.2, 0.25) is 0 Å². The number of hydrogen-bond donors (Lipinski definition) is 1. The van der Waals surface area contributed by atoms with Crippen LogP contribution < -0.4 is 5.32 Å². The minimum Gasteiger partial charge on any atom is -0.361 e. The number of anilines is 1. The van der Waals surface area contributed by atoms with E-state index in [-0.39, 0.29) is 0 Å². The molecule has 1 aromatic carbocycles. The van der Waals surface area contributed by atoms with Crippen molar-refractivity contribution in [2.45, 2.75) is 27.2 Å². The van der Waals surface area contributed by atoms with Crippen molar-refractivity contribution in [1.82, 2.24) is 4.98 Å². The summed E-state index contributed by atoms with van der Waals surface area (Å²) in [6.45, 7) is 7.61. The summed E-state index contributed by atoms with van der Waals surface area (Å²) in [6, 6.07) is 6.40. The first-order valence-corrected chi connectivity index (χ1v) is 6.58. The van der Waals surface area contributed by atoms with E-state index in [0.717, 1.165) is 23.1 Å². The molecule has 0 fully saturated rings. The predicted octanol–water partition coefficient (Wildman–Crippen LogP) is 4.06. The molecule has 0 amide bonds. The predicted molar refractivity (Wildman–Crippen MR) is 72.3 cm³/mol. The van der Waals surface area contributed by atoms with E-state index >= 15 is 0 Å². The number of nitrogens with zero attached hydrogens (tertiary/aromatic N) is 1. The van der Waals surface area contributed by atoms with Crippen molar-refractivity contribution < 1.29 is 0 Å². The van der Waals surface area contributed by atoms with Crippen molar-refractivity contribution in [3.8, 4) is 0 Å². The van der Waals surface area contributed by atoms with Gasteiger partial charge in [0.15, 0.2) is 5.13 Å². The summed E-state index contributed by atoms with van der Waals surface area (Å²) in [5.74, 6) is 0.740. The van der Waals surface area contributed by atoms with Crippen molar-refractivity contribution in [1.29, 1.82) is 0 Å². The van der Waals surface area contributed by atoms with Crippen LogP contribution in [0.4, 0.5) is 5.13 Å². The molecule has 0 radical (unpaired) electrons. The van der Waals surface area contributed by atoms with Gasteiger partial charge >= 0.3 is 0 Å². The Balaban J connectivity index is 2.08. The third kappa shape index (κ3) is 2.73. The molecular formula is C13H18N2S. The lowest BCUT2D eigenvalue weighted by Gasteiger charge is -2.04. The molecule has 16 heavy (non-hydrogen) atoms. The maximum Gasteiger partial charge on any atom is 0.183 e. The van der Waals surface area contributed by atoms with Gasteiger partial charge in [-0.2, -0.15) is 0 Å². The molecular weight excluding hydrogens is 216 g/mol. The SMILES string of the molecule is Cc1ccc2nc(NCCC(C)C)sc2c1. The average molecular weight is 234 g/mol. The van der Waals surface area contributed by atoms with Crippen LogP contribution in [-0.2, 0) is 0 Å². The third-order valence-electron chi connectivity index (χ3n) is 2.54. The van der Waals surface area contributed by atoms with Crippen LogP contribution in [0.15, 0.2) is 18.2 Å². The van der Waals surface area contributed by atoms with Crippen LogP contribution in [0.3, 0.4) is 0 Å². The quantitative estimate of drug-likeness (QED) is 0.862. The standard InChI is InChI=1S/C13H18N2S/c1-9(2)6-7-14-13-15-11-5-4-10(3)8-12(11)16-13/h4-5,8-9H,6-7H2,1-3H3,(H,14,15). The van der Waals surface area contributed by atoms with Gasteiger partial charge in [0.05, 0.1) is 10.2 Å². The zero-order chi connectivity index (χ0) is 11.5. The summed E-state index contributed by atoms with van der Waals surface area (Å²) in [6.07, 6.45) is 1.19. The van der Waals surface area contributed by atoms with E-state index in [4.69, 9.17) is 0 Å². The van der Waals surface area contributed by atoms with Crippen molar-refractivity contribution in [3.63, 3.8) is 0 Å². The lowest BCUT2D eigenvalue weighted by atomic mass is 10.1. The monoisotopic (exact) mass is 234 g/mol. The first kappa shape index (κ1) is 11.4. The Kier molecular flexibility index (Phi) is 3.44. The molecule has 0 saturated carbocycles. The molecule has 2 aromatic rings. The number of hydrogen-bond acceptors (Lipinski definition) is 3. The molecule has 0 aliphatic carbocycles. The molecule has 0 saturated heterocycles. The number of nitrogens with one attached hydrogen (secondary N) is 1. The fourth-order valence-corrected chi connectivity index (χ4v) is 2.56. The maximum atomic E-state index is 4.56. The normalized spacial score (nSPS) is 11.2. The van der Waals surface area contributed by atoms with Gasteiger partial charge in [0.1, 0.15) is 0 Å². The highest BCUT2D eigenvalue weighted by Gasteiger charge is 2.03. The van der Waals surface area contributed by atoms with Gasteiger partial charge in [0.2, 0.25) is 0 Å². The lowest BCUT2D eigenvalue weighted by Crippen LogP contribution is -2.03. The Morgan fingerprint density at radius 1 is 1.38 bits per heavy atom. The molecule has 0 aliphatic rings. The highest BCUT2D eigenvalue weighted by Crippen LogP contribution is 2.26. The fraction of sp³-hybridized carbons (Fsp3) is 0.462. The van der Waals surface area contributed by atoms with E-state index in [0.29, 0.717) is 0 Å². The number of aromatic nitrogens is 1. The Morgan fingerprint density at radius 2 is 2.19 bits per heavy atom. The van der Waals surface area contributed by atoms with E-state index in [2.05, 4.69) is 49.3 Å². The van der Waals surface area contributed by atoms with E-state index in [1.165, 1.54) is 16.7 Å². The number of benzene rings is 1. The molecule has 0 atom stereocenters. The Hall–Kier alpha value is -1.09. The van der Waals surface area contributed by atoms with Crippen LogP contribution in [-0.4, -0.2) is 11.5 Å². The van der Waals surface area contributed by atoms with Crippen molar-refractivity contribution in [3.05, 3.63) is 23.8 Å². The zero-order valence-electron chi connectivity index (χ0n) is 10.1. The third-order valence-corrected chi connectivity index (χ3v) is 3.52. The van der Waals surface area contributed by atoms with Crippen LogP contribution >= 0.6 is 11.3 Å². The number of aryl methyl sites for hydroxylation is 1. The summed E-state index contributed by atoms with van der Waals surface area (Å²) in [5, 5.41) is 4.44. The minimum atomic E-state index is 0.740. The van der Waals surface area contributed by atoms with Gasteiger partial charge in [0.25, 0.3) is 0 Å². The molecule has 0 unspecified atom stereocenters. The maximum absolute atomic E-state index is 4.56. The van der Waals surface area contributed by atoms with Crippen molar-refractivity contribution >= 4 is 26.7 Å². The summed E-state index contributed by atoms with van der Waals surface area (Å²) >= 11 is 1.74.